The van der Waals surface area contributed by atoms with Gasteiger partial charge in [-0.1, -0.05) is 20.8 Å². The topological polar surface area (TPSA) is 38.3 Å². The number of ether oxygens (including phenoxy) is 1. The average molecular weight is 159 g/mol. The number of carbonyl (C=O) groups is 1. The largest absolute Gasteiger partial charge is 0.362 e. The Balaban J connectivity index is 3.54. The summed E-state index contributed by atoms with van der Waals surface area (Å²) in [6.45, 7) is 8.44. The van der Waals surface area contributed by atoms with E-state index in [2.05, 4.69) is 5.32 Å². The maximum Gasteiger partial charge on any atom is 0.227 e. The predicted molar refractivity (Wildman–Crippen MR) is 44.1 cm³/mol. The van der Waals surface area contributed by atoms with E-state index in [1.165, 1.54) is 0 Å². The first-order chi connectivity index (χ1) is 4.98. The molecule has 11 heavy (non-hydrogen) atoms. The minimum absolute atomic E-state index is 0.0194. The van der Waals surface area contributed by atoms with E-state index in [0.29, 0.717) is 13.3 Å². The Kier molecular flexibility index (Phi) is 4.11. The summed E-state index contributed by atoms with van der Waals surface area (Å²) >= 11 is 0. The van der Waals surface area contributed by atoms with Crippen LogP contribution in [-0.4, -0.2) is 19.2 Å². The summed E-state index contributed by atoms with van der Waals surface area (Å²) in [4.78, 5) is 11.1. The fraction of sp³-hybridized carbons (Fsp3) is 0.875. The van der Waals surface area contributed by atoms with Crippen LogP contribution in [0.2, 0.25) is 0 Å². The van der Waals surface area contributed by atoms with Gasteiger partial charge in [0.05, 0.1) is 0 Å². The van der Waals surface area contributed by atoms with Crippen LogP contribution in [0.15, 0.2) is 0 Å². The third kappa shape index (κ3) is 4.79. The van der Waals surface area contributed by atoms with Crippen LogP contribution in [0, 0.1) is 5.41 Å². The van der Waals surface area contributed by atoms with Crippen molar-refractivity contribution in [2.45, 2.75) is 27.7 Å². The van der Waals surface area contributed by atoms with Crippen molar-refractivity contribution in [2.24, 2.45) is 5.41 Å². The van der Waals surface area contributed by atoms with Gasteiger partial charge in [-0.15, -0.1) is 0 Å². The molecule has 66 valence electrons. The molecule has 0 aromatic carbocycles. The van der Waals surface area contributed by atoms with E-state index in [-0.39, 0.29) is 11.3 Å². The molecule has 0 spiro atoms. The van der Waals surface area contributed by atoms with Gasteiger partial charge in [-0.05, 0) is 6.92 Å². The predicted octanol–water partition coefficient (Wildman–Crippen LogP) is 1.14. The zero-order valence-corrected chi connectivity index (χ0v) is 7.73. The molecule has 0 aliphatic carbocycles. The van der Waals surface area contributed by atoms with Gasteiger partial charge in [-0.2, -0.15) is 0 Å². The smallest absolute Gasteiger partial charge is 0.227 e. The highest BCUT2D eigenvalue weighted by molar-refractivity contribution is 5.81. The van der Waals surface area contributed by atoms with Crippen LogP contribution in [0.1, 0.15) is 27.7 Å². The van der Waals surface area contributed by atoms with E-state index in [0.717, 1.165) is 0 Å². The molecule has 0 bridgehead atoms. The molecule has 0 aromatic rings. The summed E-state index contributed by atoms with van der Waals surface area (Å²) in [7, 11) is 0. The maximum atomic E-state index is 11.1. The number of hydrogen-bond acceptors (Lipinski definition) is 2. The number of nitrogens with one attached hydrogen (secondary N) is 1. The minimum Gasteiger partial charge on any atom is -0.362 e. The lowest BCUT2D eigenvalue weighted by Crippen LogP contribution is -2.36. The first kappa shape index (κ1) is 10.4. The fourth-order valence-corrected chi connectivity index (χ4v) is 0.484. The molecule has 0 radical (unpaired) electrons. The lowest BCUT2D eigenvalue weighted by atomic mass is 9.96. The first-order valence-electron chi connectivity index (χ1n) is 3.84. The average Bonchev–Trinajstić information content (AvgIpc) is 1.86. The summed E-state index contributed by atoms with van der Waals surface area (Å²) in [5.41, 5.74) is -0.322. The highest BCUT2D eigenvalue weighted by Gasteiger charge is 2.20. The zero-order chi connectivity index (χ0) is 8.91. The van der Waals surface area contributed by atoms with Gasteiger partial charge in [0.15, 0.2) is 0 Å². The molecule has 0 saturated heterocycles. The van der Waals surface area contributed by atoms with Crippen LogP contribution in [0.4, 0.5) is 0 Å². The quantitative estimate of drug-likeness (QED) is 0.495. The molecule has 1 amide bonds. The van der Waals surface area contributed by atoms with Crippen molar-refractivity contribution in [3.8, 4) is 0 Å². The molecule has 0 heterocycles. The fourth-order valence-electron chi connectivity index (χ4n) is 0.484. The van der Waals surface area contributed by atoms with Gasteiger partial charge in [0.1, 0.15) is 6.73 Å². The Morgan fingerprint density at radius 2 is 2.00 bits per heavy atom. The Bertz CT molecular complexity index is 127. The number of hydrogen-bond donors (Lipinski definition) is 1. The van der Waals surface area contributed by atoms with E-state index in [1.54, 1.807) is 0 Å². The van der Waals surface area contributed by atoms with E-state index in [4.69, 9.17) is 4.74 Å². The highest BCUT2D eigenvalue weighted by atomic mass is 16.5. The normalized spacial score (nSPS) is 11.3. The number of rotatable bonds is 3. The van der Waals surface area contributed by atoms with Crippen molar-refractivity contribution in [1.82, 2.24) is 5.32 Å². The first-order valence-corrected chi connectivity index (χ1v) is 3.84. The summed E-state index contributed by atoms with van der Waals surface area (Å²) in [5.74, 6) is 0.0194. The van der Waals surface area contributed by atoms with Crippen molar-refractivity contribution in [1.29, 1.82) is 0 Å². The third-order valence-corrected chi connectivity index (χ3v) is 1.22. The molecule has 3 heteroatoms. The van der Waals surface area contributed by atoms with Crippen LogP contribution in [0.3, 0.4) is 0 Å². The zero-order valence-electron chi connectivity index (χ0n) is 7.73. The molecule has 0 unspecified atom stereocenters. The molecular weight excluding hydrogens is 142 g/mol. The second kappa shape index (κ2) is 4.34. The molecule has 3 nitrogen and oxygen atoms in total. The van der Waals surface area contributed by atoms with Crippen LogP contribution in [0.5, 0.6) is 0 Å². The summed E-state index contributed by atoms with van der Waals surface area (Å²) in [5, 5.41) is 2.66. The Morgan fingerprint density at radius 3 is 2.36 bits per heavy atom. The molecule has 0 atom stereocenters. The Hall–Kier alpha value is -0.570. The summed E-state index contributed by atoms with van der Waals surface area (Å²) in [6.07, 6.45) is 0. The van der Waals surface area contributed by atoms with Crippen molar-refractivity contribution >= 4 is 5.91 Å². The van der Waals surface area contributed by atoms with Gasteiger partial charge in [-0.25, -0.2) is 0 Å². The van der Waals surface area contributed by atoms with Gasteiger partial charge in [0, 0.05) is 12.0 Å². The molecular formula is C8H17NO2. The van der Waals surface area contributed by atoms with Gasteiger partial charge >= 0.3 is 0 Å². The minimum atomic E-state index is -0.322. The lowest BCUT2D eigenvalue weighted by Gasteiger charge is -2.17. The van der Waals surface area contributed by atoms with Gasteiger partial charge in [0.2, 0.25) is 5.91 Å². The second-order valence-electron chi connectivity index (χ2n) is 3.39. The lowest BCUT2D eigenvalue weighted by molar-refractivity contribution is -0.130. The summed E-state index contributed by atoms with van der Waals surface area (Å²) in [6, 6.07) is 0. The molecule has 0 aliphatic rings. The van der Waals surface area contributed by atoms with Gasteiger partial charge in [0.25, 0.3) is 0 Å². The van der Waals surface area contributed by atoms with Gasteiger partial charge < -0.3 is 10.1 Å². The van der Waals surface area contributed by atoms with Crippen LogP contribution in [0.25, 0.3) is 0 Å². The Labute approximate surface area is 68.1 Å². The molecule has 1 N–H and O–H groups in total. The third-order valence-electron chi connectivity index (χ3n) is 1.22. The van der Waals surface area contributed by atoms with Crippen molar-refractivity contribution in [3.05, 3.63) is 0 Å². The maximum absolute atomic E-state index is 11.1. The molecule has 0 fully saturated rings. The van der Waals surface area contributed by atoms with Crippen molar-refractivity contribution in [3.63, 3.8) is 0 Å². The van der Waals surface area contributed by atoms with Gasteiger partial charge in [-0.3, -0.25) is 4.79 Å². The van der Waals surface area contributed by atoms with E-state index >= 15 is 0 Å². The molecule has 0 aliphatic heterocycles. The van der Waals surface area contributed by atoms with Crippen LogP contribution in [-0.2, 0) is 9.53 Å². The molecule has 0 aromatic heterocycles. The van der Waals surface area contributed by atoms with E-state index in [1.807, 2.05) is 27.7 Å². The van der Waals surface area contributed by atoms with Crippen LogP contribution < -0.4 is 5.32 Å². The number of amides is 1. The SMILES string of the molecule is CCOCNC(=O)C(C)(C)C. The van der Waals surface area contributed by atoms with E-state index < -0.39 is 0 Å². The van der Waals surface area contributed by atoms with Crippen molar-refractivity contribution < 1.29 is 9.53 Å². The number of carbonyl (C=O) groups excluding carboxylic acids is 1. The second-order valence-corrected chi connectivity index (χ2v) is 3.39. The summed E-state index contributed by atoms with van der Waals surface area (Å²) < 4.78 is 4.97. The molecule has 0 rings (SSSR count). The monoisotopic (exact) mass is 159 g/mol. The molecule has 0 saturated carbocycles. The standard InChI is InChI=1S/C8H17NO2/c1-5-11-6-9-7(10)8(2,3)4/h5-6H2,1-4H3,(H,9,10). The Morgan fingerprint density at radius 1 is 1.45 bits per heavy atom. The van der Waals surface area contributed by atoms with Crippen molar-refractivity contribution in [2.75, 3.05) is 13.3 Å². The van der Waals surface area contributed by atoms with Crippen LogP contribution >= 0.6 is 0 Å². The highest BCUT2D eigenvalue weighted by Crippen LogP contribution is 2.11. The van der Waals surface area contributed by atoms with E-state index in [9.17, 15) is 4.79 Å².